The van der Waals surface area contributed by atoms with Crippen molar-refractivity contribution >= 4 is 17.2 Å². The molecule has 1 aromatic carbocycles. The van der Waals surface area contributed by atoms with Crippen molar-refractivity contribution < 1.29 is 14.5 Å². The van der Waals surface area contributed by atoms with Gasteiger partial charge in [-0.15, -0.1) is 0 Å². The molecule has 3 rings (SSSR count). The number of imidazole rings is 1. The molecule has 2 aromatic rings. The van der Waals surface area contributed by atoms with Gasteiger partial charge in [-0.1, -0.05) is 0 Å². The summed E-state index contributed by atoms with van der Waals surface area (Å²) in [6, 6.07) is 4.53. The Kier molecular flexibility index (Phi) is 4.80. The molecule has 0 N–H and O–H groups in total. The second-order valence-electron chi connectivity index (χ2n) is 6.17. The Morgan fingerprint density at radius 1 is 1.52 bits per heavy atom. The van der Waals surface area contributed by atoms with Crippen LogP contribution in [0.4, 0.5) is 11.4 Å². The third-order valence-electron chi connectivity index (χ3n) is 4.37. The molecule has 0 amide bonds. The lowest BCUT2D eigenvalue weighted by molar-refractivity contribution is -0.384. The number of aromatic nitrogens is 2. The molecule has 0 saturated carbocycles. The number of ketones is 1. The monoisotopic (exact) mass is 344 g/mol. The summed E-state index contributed by atoms with van der Waals surface area (Å²) in [5.74, 6) is -0.0984. The van der Waals surface area contributed by atoms with Crippen LogP contribution in [0.5, 0.6) is 0 Å². The van der Waals surface area contributed by atoms with Crippen molar-refractivity contribution in [3.63, 3.8) is 0 Å². The minimum absolute atomic E-state index is 0.0819. The maximum atomic E-state index is 12.5. The zero-order chi connectivity index (χ0) is 18.0. The summed E-state index contributed by atoms with van der Waals surface area (Å²) in [6.07, 6.45) is 5.22. The lowest BCUT2D eigenvalue weighted by Crippen LogP contribution is -2.29. The van der Waals surface area contributed by atoms with Gasteiger partial charge in [0.05, 0.1) is 11.0 Å². The number of ether oxygens (including phenoxy) is 1. The highest BCUT2D eigenvalue weighted by molar-refractivity contribution is 6.07. The van der Waals surface area contributed by atoms with Crippen molar-refractivity contribution in [3.05, 3.63) is 52.1 Å². The topological polar surface area (TPSA) is 90.5 Å². The Morgan fingerprint density at radius 3 is 2.92 bits per heavy atom. The zero-order valence-electron chi connectivity index (χ0n) is 14.2. The predicted octanol–water partition coefficient (Wildman–Crippen LogP) is 2.17. The maximum Gasteiger partial charge on any atom is 0.293 e. The molecule has 8 heteroatoms. The Balaban J connectivity index is 1.89. The average Bonchev–Trinajstić information content (AvgIpc) is 3.25. The largest absolute Gasteiger partial charge is 0.376 e. The lowest BCUT2D eigenvalue weighted by Gasteiger charge is -2.22. The molecule has 1 aromatic heterocycles. The van der Waals surface area contributed by atoms with Crippen LogP contribution in [0, 0.1) is 10.1 Å². The van der Waals surface area contributed by atoms with E-state index in [9.17, 15) is 14.9 Å². The summed E-state index contributed by atoms with van der Waals surface area (Å²) < 4.78 is 7.18. The van der Waals surface area contributed by atoms with Crippen LogP contribution < -0.4 is 4.90 Å². The normalized spacial score (nSPS) is 16.8. The molecular formula is C17H20N4O4. The quantitative estimate of drug-likeness (QED) is 0.453. The number of benzene rings is 1. The highest BCUT2D eigenvalue weighted by atomic mass is 16.6. The minimum Gasteiger partial charge on any atom is -0.376 e. The van der Waals surface area contributed by atoms with Gasteiger partial charge in [-0.2, -0.15) is 0 Å². The molecule has 2 heterocycles. The molecular weight excluding hydrogens is 324 g/mol. The fourth-order valence-electron chi connectivity index (χ4n) is 3.04. The number of nitrogens with zero attached hydrogens (tertiary/aromatic N) is 4. The molecule has 1 aliphatic rings. The predicted molar refractivity (Wildman–Crippen MR) is 92.0 cm³/mol. The first kappa shape index (κ1) is 17.1. The van der Waals surface area contributed by atoms with E-state index in [4.69, 9.17) is 4.74 Å². The molecule has 1 unspecified atom stereocenters. The van der Waals surface area contributed by atoms with Gasteiger partial charge in [0.25, 0.3) is 5.69 Å². The molecule has 0 radical (unpaired) electrons. The molecule has 0 spiro atoms. The van der Waals surface area contributed by atoms with Crippen molar-refractivity contribution in [2.45, 2.75) is 18.9 Å². The fraction of sp³-hybridized carbons (Fsp3) is 0.412. The molecule has 25 heavy (non-hydrogen) atoms. The van der Waals surface area contributed by atoms with Crippen molar-refractivity contribution in [1.82, 2.24) is 9.55 Å². The number of hydrogen-bond donors (Lipinski definition) is 0. The van der Waals surface area contributed by atoms with Crippen LogP contribution in [0.15, 0.2) is 30.6 Å². The number of rotatable bonds is 6. The molecule has 1 saturated heterocycles. The summed E-state index contributed by atoms with van der Waals surface area (Å²) in [7, 11) is 3.50. The van der Waals surface area contributed by atoms with E-state index in [1.165, 1.54) is 12.3 Å². The van der Waals surface area contributed by atoms with Gasteiger partial charge in [0, 0.05) is 51.3 Å². The van der Waals surface area contributed by atoms with Gasteiger partial charge in [0.1, 0.15) is 5.69 Å². The van der Waals surface area contributed by atoms with Gasteiger partial charge in [-0.3, -0.25) is 14.9 Å². The number of likely N-dealkylation sites (N-methyl/N-ethyl adjacent to an activating group) is 1. The van der Waals surface area contributed by atoms with Crippen LogP contribution in [0.1, 0.15) is 29.0 Å². The number of carbonyl (C=O) groups is 1. The molecule has 1 atom stereocenters. The van der Waals surface area contributed by atoms with Gasteiger partial charge in [-0.05, 0) is 25.0 Å². The third-order valence-corrected chi connectivity index (χ3v) is 4.37. The first-order valence-electron chi connectivity index (χ1n) is 8.10. The zero-order valence-corrected chi connectivity index (χ0v) is 14.2. The van der Waals surface area contributed by atoms with E-state index in [0.29, 0.717) is 12.2 Å². The minimum atomic E-state index is -0.462. The first-order chi connectivity index (χ1) is 12.0. The van der Waals surface area contributed by atoms with Gasteiger partial charge >= 0.3 is 0 Å². The highest BCUT2D eigenvalue weighted by Gasteiger charge is 2.25. The number of hydrogen-bond acceptors (Lipinski definition) is 6. The van der Waals surface area contributed by atoms with Gasteiger partial charge in [0.2, 0.25) is 5.78 Å². The average molecular weight is 344 g/mol. The molecule has 0 aliphatic carbocycles. The molecule has 1 aliphatic heterocycles. The summed E-state index contributed by atoms with van der Waals surface area (Å²) in [4.78, 5) is 29.4. The van der Waals surface area contributed by atoms with Crippen molar-refractivity contribution in [2.75, 3.05) is 25.1 Å². The SMILES string of the molecule is CN(CC1CCCO1)c1ccc(C(=O)c2nccn2C)cc1[N+](=O)[O-]. The van der Waals surface area contributed by atoms with Crippen LogP contribution in [-0.2, 0) is 11.8 Å². The summed E-state index contributed by atoms with van der Waals surface area (Å²) >= 11 is 0. The van der Waals surface area contributed by atoms with Gasteiger partial charge < -0.3 is 14.2 Å². The van der Waals surface area contributed by atoms with Crippen molar-refractivity contribution in [2.24, 2.45) is 7.05 Å². The summed E-state index contributed by atoms with van der Waals surface area (Å²) in [5, 5.41) is 11.5. The maximum absolute atomic E-state index is 12.5. The Hall–Kier alpha value is -2.74. The number of aryl methyl sites for hydroxylation is 1. The Labute approximate surface area is 145 Å². The number of anilines is 1. The van der Waals surface area contributed by atoms with Gasteiger partial charge in [-0.25, -0.2) is 4.98 Å². The molecule has 1 fully saturated rings. The molecule has 8 nitrogen and oxygen atoms in total. The van der Waals surface area contributed by atoms with Crippen LogP contribution in [0.3, 0.4) is 0 Å². The third kappa shape index (κ3) is 3.53. The highest BCUT2D eigenvalue weighted by Crippen LogP contribution is 2.30. The fourth-order valence-corrected chi connectivity index (χ4v) is 3.04. The number of nitro benzene ring substituents is 1. The van der Waals surface area contributed by atoms with Crippen molar-refractivity contribution in [1.29, 1.82) is 0 Å². The lowest BCUT2D eigenvalue weighted by atomic mass is 10.1. The van der Waals surface area contributed by atoms with E-state index in [2.05, 4.69) is 4.98 Å². The number of carbonyl (C=O) groups excluding carboxylic acids is 1. The standard InChI is InChI=1S/C17H20N4O4/c1-19-8-7-18-17(19)16(22)12-5-6-14(15(10-12)21(23)24)20(2)11-13-4-3-9-25-13/h5-8,10,13H,3-4,9,11H2,1-2H3. The van der Waals surface area contributed by atoms with Crippen LogP contribution in [-0.4, -0.2) is 46.6 Å². The van der Waals surface area contributed by atoms with Crippen LogP contribution >= 0.6 is 0 Å². The number of nitro groups is 1. The summed E-state index contributed by atoms with van der Waals surface area (Å²) in [5.41, 5.74) is 0.618. The van der Waals surface area contributed by atoms with E-state index >= 15 is 0 Å². The molecule has 132 valence electrons. The smallest absolute Gasteiger partial charge is 0.293 e. The van der Waals surface area contributed by atoms with Gasteiger partial charge in [0.15, 0.2) is 5.82 Å². The second-order valence-corrected chi connectivity index (χ2v) is 6.17. The van der Waals surface area contributed by atoms with Crippen molar-refractivity contribution in [3.8, 4) is 0 Å². The summed E-state index contributed by atoms with van der Waals surface area (Å²) in [6.45, 7) is 1.31. The Bertz CT molecular complexity index is 796. The van der Waals surface area contributed by atoms with Crippen LogP contribution in [0.25, 0.3) is 0 Å². The Morgan fingerprint density at radius 2 is 2.32 bits per heavy atom. The van der Waals surface area contributed by atoms with E-state index in [-0.39, 0.29) is 29.0 Å². The molecule has 0 bridgehead atoms. The first-order valence-corrected chi connectivity index (χ1v) is 8.10. The van der Waals surface area contributed by atoms with E-state index in [1.807, 2.05) is 4.90 Å². The van der Waals surface area contributed by atoms with Crippen LogP contribution in [0.2, 0.25) is 0 Å². The van der Waals surface area contributed by atoms with E-state index in [1.54, 1.807) is 37.0 Å². The second kappa shape index (κ2) is 7.02. The van der Waals surface area contributed by atoms with E-state index in [0.717, 1.165) is 19.4 Å². The van der Waals surface area contributed by atoms with E-state index < -0.39 is 4.92 Å².